The quantitative estimate of drug-likeness (QED) is 0.737. The molecule has 0 saturated heterocycles. The van der Waals surface area contributed by atoms with Crippen LogP contribution in [0.25, 0.3) is 11.4 Å². The summed E-state index contributed by atoms with van der Waals surface area (Å²) in [6.07, 6.45) is 0. The summed E-state index contributed by atoms with van der Waals surface area (Å²) in [7, 11) is 0. The molecule has 0 aliphatic rings. The number of aromatic nitrogens is 2. The van der Waals surface area contributed by atoms with E-state index in [0.717, 1.165) is 10.0 Å². The van der Waals surface area contributed by atoms with Gasteiger partial charge in [0.2, 0.25) is 0 Å². The van der Waals surface area contributed by atoms with Crippen LogP contribution in [0, 0.1) is 0 Å². The minimum atomic E-state index is 0.338. The Bertz CT molecular complexity index is 482. The van der Waals surface area contributed by atoms with Crippen LogP contribution in [0.3, 0.4) is 0 Å². The lowest BCUT2D eigenvalue weighted by Crippen LogP contribution is -1.89. The predicted octanol–water partition coefficient (Wildman–Crippen LogP) is 4.21. The van der Waals surface area contributed by atoms with E-state index in [-0.39, 0.29) is 0 Å². The average Bonchev–Trinajstić information content (AvgIpc) is 2.16. The van der Waals surface area contributed by atoms with Crippen molar-refractivity contribution in [3.63, 3.8) is 0 Å². The van der Waals surface area contributed by atoms with Crippen LogP contribution in [0.4, 0.5) is 0 Å². The van der Waals surface area contributed by atoms with Crippen molar-refractivity contribution < 1.29 is 0 Å². The number of rotatable bonds is 1. The van der Waals surface area contributed by atoms with Gasteiger partial charge in [0, 0.05) is 16.1 Å². The van der Waals surface area contributed by atoms with Gasteiger partial charge in [0.25, 0.3) is 0 Å². The molecular formula is C10H5BrCl2N2. The fourth-order valence-electron chi connectivity index (χ4n) is 1.15. The lowest BCUT2D eigenvalue weighted by atomic mass is 10.2. The van der Waals surface area contributed by atoms with E-state index in [9.17, 15) is 0 Å². The summed E-state index contributed by atoms with van der Waals surface area (Å²) in [5.74, 6) is 0.522. The van der Waals surface area contributed by atoms with E-state index >= 15 is 0 Å². The second-order valence-corrected chi connectivity index (χ2v) is 4.54. The number of benzene rings is 1. The van der Waals surface area contributed by atoms with E-state index < -0.39 is 0 Å². The molecule has 1 aromatic carbocycles. The largest absolute Gasteiger partial charge is 0.216 e. The van der Waals surface area contributed by atoms with Gasteiger partial charge in [-0.15, -0.1) is 0 Å². The SMILES string of the molecule is Clc1cc(Cl)nc(-c2cccc(Br)c2)n1. The molecule has 0 atom stereocenters. The Hall–Kier alpha value is -0.640. The van der Waals surface area contributed by atoms with Crippen molar-refractivity contribution in [2.24, 2.45) is 0 Å². The third kappa shape index (κ3) is 2.68. The first-order valence-electron chi connectivity index (χ1n) is 4.11. The second-order valence-electron chi connectivity index (χ2n) is 2.85. The molecule has 0 aliphatic heterocycles. The topological polar surface area (TPSA) is 25.8 Å². The summed E-state index contributed by atoms with van der Waals surface area (Å²) >= 11 is 15.0. The molecule has 15 heavy (non-hydrogen) atoms. The number of hydrogen-bond acceptors (Lipinski definition) is 2. The van der Waals surface area contributed by atoms with Crippen LogP contribution < -0.4 is 0 Å². The van der Waals surface area contributed by atoms with Crippen LogP contribution in [0.5, 0.6) is 0 Å². The van der Waals surface area contributed by atoms with E-state index in [1.54, 1.807) is 0 Å². The molecule has 0 aliphatic carbocycles. The third-order valence-electron chi connectivity index (χ3n) is 1.75. The maximum atomic E-state index is 5.79. The molecule has 1 heterocycles. The summed E-state index contributed by atoms with van der Waals surface area (Å²) in [4.78, 5) is 8.19. The number of nitrogens with zero attached hydrogens (tertiary/aromatic N) is 2. The molecule has 0 unspecified atom stereocenters. The van der Waals surface area contributed by atoms with Gasteiger partial charge in [0.05, 0.1) is 0 Å². The van der Waals surface area contributed by atoms with Crippen molar-refractivity contribution in [2.45, 2.75) is 0 Å². The van der Waals surface area contributed by atoms with Gasteiger partial charge in [-0.2, -0.15) is 0 Å². The molecule has 0 radical (unpaired) electrons. The van der Waals surface area contributed by atoms with Crippen molar-refractivity contribution in [2.75, 3.05) is 0 Å². The second kappa shape index (κ2) is 4.47. The molecule has 76 valence electrons. The molecule has 2 rings (SSSR count). The van der Waals surface area contributed by atoms with Crippen LogP contribution in [-0.4, -0.2) is 9.97 Å². The molecule has 5 heteroatoms. The zero-order chi connectivity index (χ0) is 10.8. The van der Waals surface area contributed by atoms with Gasteiger partial charge in [-0.05, 0) is 12.1 Å². The van der Waals surface area contributed by atoms with Crippen molar-refractivity contribution >= 4 is 39.1 Å². The van der Waals surface area contributed by atoms with Gasteiger partial charge in [-0.25, -0.2) is 9.97 Å². The maximum Gasteiger partial charge on any atom is 0.162 e. The molecule has 2 aromatic rings. The highest BCUT2D eigenvalue weighted by Crippen LogP contribution is 2.22. The normalized spacial score (nSPS) is 10.3. The summed E-state index contributed by atoms with van der Waals surface area (Å²) in [5.41, 5.74) is 0.869. The smallest absolute Gasteiger partial charge is 0.162 e. The molecule has 0 amide bonds. The molecule has 0 saturated carbocycles. The monoisotopic (exact) mass is 302 g/mol. The van der Waals surface area contributed by atoms with Crippen LogP contribution in [0.1, 0.15) is 0 Å². The van der Waals surface area contributed by atoms with Crippen molar-refractivity contribution in [3.05, 3.63) is 45.1 Å². The first-order valence-corrected chi connectivity index (χ1v) is 5.66. The van der Waals surface area contributed by atoms with Crippen molar-refractivity contribution in [1.29, 1.82) is 0 Å². The van der Waals surface area contributed by atoms with Crippen LogP contribution in [0.15, 0.2) is 34.8 Å². The lowest BCUT2D eigenvalue weighted by molar-refractivity contribution is 1.18. The molecular weight excluding hydrogens is 299 g/mol. The summed E-state index contributed by atoms with van der Waals surface area (Å²) < 4.78 is 0.958. The third-order valence-corrected chi connectivity index (χ3v) is 2.63. The predicted molar refractivity (Wildman–Crippen MR) is 65.2 cm³/mol. The van der Waals surface area contributed by atoms with Crippen LogP contribution in [0.2, 0.25) is 10.3 Å². The Morgan fingerprint density at radius 2 is 1.67 bits per heavy atom. The van der Waals surface area contributed by atoms with Gasteiger partial charge in [-0.1, -0.05) is 51.3 Å². The van der Waals surface area contributed by atoms with E-state index in [1.165, 1.54) is 6.07 Å². The fourth-order valence-corrected chi connectivity index (χ4v) is 1.97. The molecule has 0 bridgehead atoms. The molecule has 0 N–H and O–H groups in total. The van der Waals surface area contributed by atoms with E-state index in [2.05, 4.69) is 25.9 Å². The molecule has 0 fully saturated rings. The van der Waals surface area contributed by atoms with Gasteiger partial charge in [0.15, 0.2) is 5.82 Å². The molecule has 2 nitrogen and oxygen atoms in total. The summed E-state index contributed by atoms with van der Waals surface area (Å²) in [5, 5.41) is 0.676. The van der Waals surface area contributed by atoms with Gasteiger partial charge >= 0.3 is 0 Å². The van der Waals surface area contributed by atoms with Crippen molar-refractivity contribution in [3.8, 4) is 11.4 Å². The van der Waals surface area contributed by atoms with E-state index in [1.807, 2.05) is 24.3 Å². The number of halogens is 3. The fraction of sp³-hybridized carbons (Fsp3) is 0. The van der Waals surface area contributed by atoms with Gasteiger partial charge in [0.1, 0.15) is 10.3 Å². The standard InChI is InChI=1S/C10H5BrCl2N2/c11-7-3-1-2-6(4-7)10-14-8(12)5-9(13)15-10/h1-5H. The minimum absolute atomic E-state index is 0.338. The molecule has 1 aromatic heterocycles. The Labute approximate surface area is 105 Å². The Morgan fingerprint density at radius 1 is 1.00 bits per heavy atom. The zero-order valence-electron chi connectivity index (χ0n) is 7.42. The van der Waals surface area contributed by atoms with Crippen molar-refractivity contribution in [1.82, 2.24) is 9.97 Å². The Kier molecular flexibility index (Phi) is 3.24. The van der Waals surface area contributed by atoms with Crippen LogP contribution in [-0.2, 0) is 0 Å². The van der Waals surface area contributed by atoms with Gasteiger partial charge in [-0.3, -0.25) is 0 Å². The van der Waals surface area contributed by atoms with E-state index in [4.69, 9.17) is 23.2 Å². The highest BCUT2D eigenvalue weighted by Gasteiger charge is 2.04. The minimum Gasteiger partial charge on any atom is -0.216 e. The lowest BCUT2D eigenvalue weighted by Gasteiger charge is -2.01. The summed E-state index contributed by atoms with van der Waals surface area (Å²) in [6, 6.07) is 9.13. The highest BCUT2D eigenvalue weighted by molar-refractivity contribution is 9.10. The molecule has 0 spiro atoms. The Morgan fingerprint density at radius 3 is 2.27 bits per heavy atom. The van der Waals surface area contributed by atoms with E-state index in [0.29, 0.717) is 16.1 Å². The van der Waals surface area contributed by atoms with Gasteiger partial charge < -0.3 is 0 Å². The average molecular weight is 304 g/mol. The Balaban J connectivity index is 2.54. The summed E-state index contributed by atoms with van der Waals surface area (Å²) in [6.45, 7) is 0. The highest BCUT2D eigenvalue weighted by atomic mass is 79.9. The zero-order valence-corrected chi connectivity index (χ0v) is 10.5. The number of hydrogen-bond donors (Lipinski definition) is 0. The van der Waals surface area contributed by atoms with Crippen LogP contribution >= 0.6 is 39.1 Å². The first-order chi connectivity index (χ1) is 7.15. The maximum absolute atomic E-state index is 5.79. The first kappa shape index (κ1) is 10.9.